The molecular formula is C21H17F5IN7. The molecule has 4 aromatic rings. The lowest BCUT2D eigenvalue weighted by Gasteiger charge is -2.33. The van der Waals surface area contributed by atoms with Gasteiger partial charge in [0.2, 0.25) is 0 Å². The smallest absolute Gasteiger partial charge is 0.354 e. The minimum Gasteiger partial charge on any atom is -0.354 e. The monoisotopic (exact) mass is 589 g/mol. The number of alkyl halides is 6. The number of hydrogen-bond acceptors (Lipinski definition) is 5. The lowest BCUT2D eigenvalue weighted by molar-refractivity contribution is -0.137. The van der Waals surface area contributed by atoms with Crippen molar-refractivity contribution in [3.63, 3.8) is 0 Å². The Morgan fingerprint density at radius 1 is 1.03 bits per heavy atom. The number of piperidine rings is 1. The van der Waals surface area contributed by atoms with Crippen LogP contribution < -0.4 is 4.90 Å². The summed E-state index contributed by atoms with van der Waals surface area (Å²) in [6.45, 7) is 1.19. The molecule has 0 aromatic carbocycles. The van der Waals surface area contributed by atoms with Gasteiger partial charge in [-0.1, -0.05) is 0 Å². The fourth-order valence-corrected chi connectivity index (χ4v) is 4.32. The van der Waals surface area contributed by atoms with Crippen LogP contribution >= 0.6 is 22.6 Å². The predicted molar refractivity (Wildman–Crippen MR) is 122 cm³/mol. The molecule has 1 aliphatic heterocycles. The molecule has 4 aromatic heterocycles. The van der Waals surface area contributed by atoms with E-state index < -0.39 is 15.7 Å². The molecule has 0 radical (unpaired) electrons. The molecule has 0 bridgehead atoms. The standard InChI is InChI=1S/C21H17F5IN7/c22-20(23,24)13-3-4-17-29-10-15(33(17)11-13)19-28-7-5-18(30-19)32-8-1-2-14(12-32)34-9-6-16(31-34)21(25,26)27/h3-7,9-11,14H,1-2,8,12H2. The van der Waals surface area contributed by atoms with E-state index in [2.05, 4.69) is 20.1 Å². The number of imidazole rings is 1. The summed E-state index contributed by atoms with van der Waals surface area (Å²) >= 11 is 1.05. The van der Waals surface area contributed by atoms with E-state index in [9.17, 15) is 22.0 Å². The zero-order valence-corrected chi connectivity index (χ0v) is 19.6. The molecule has 0 saturated carbocycles. The Morgan fingerprint density at radius 2 is 1.85 bits per heavy atom. The van der Waals surface area contributed by atoms with Gasteiger partial charge in [0.25, 0.3) is 0 Å². The van der Waals surface area contributed by atoms with Gasteiger partial charge in [0, 0.05) is 54.3 Å². The molecule has 7 nitrogen and oxygen atoms in total. The van der Waals surface area contributed by atoms with Crippen molar-refractivity contribution >= 4 is 34.1 Å². The topological polar surface area (TPSA) is 64.1 Å². The van der Waals surface area contributed by atoms with Crippen LogP contribution in [-0.2, 0) is 10.1 Å². The molecule has 5 rings (SSSR count). The van der Waals surface area contributed by atoms with Crippen molar-refractivity contribution < 1.29 is 22.0 Å². The largest absolute Gasteiger partial charge is 0.417 e. The molecule has 1 aliphatic rings. The first-order valence-corrected chi connectivity index (χ1v) is 11.4. The molecule has 0 N–H and O–H groups in total. The number of fused-ring (bicyclic) bond motifs is 1. The molecule has 1 fully saturated rings. The van der Waals surface area contributed by atoms with E-state index in [1.54, 1.807) is 16.9 Å². The van der Waals surface area contributed by atoms with E-state index in [0.717, 1.165) is 47.7 Å². The zero-order chi connectivity index (χ0) is 24.1. The van der Waals surface area contributed by atoms with Crippen LogP contribution in [0, 0.1) is 0 Å². The Bertz CT molecular complexity index is 1330. The maximum absolute atomic E-state index is 13.6. The Kier molecular flexibility index (Phi) is 5.68. The first-order chi connectivity index (χ1) is 16.1. The number of anilines is 1. The summed E-state index contributed by atoms with van der Waals surface area (Å²) in [5.74, 6) is 0.820. The third-order valence-electron chi connectivity index (χ3n) is 5.70. The Hall–Kier alpha value is -2.84. The molecule has 0 spiro atoms. The summed E-state index contributed by atoms with van der Waals surface area (Å²) in [6.07, 6.45) is 2.58. The van der Waals surface area contributed by atoms with Gasteiger partial charge in [0.05, 0.1) is 17.8 Å². The summed E-state index contributed by atoms with van der Waals surface area (Å²) < 4.78 is 66.5. The van der Waals surface area contributed by atoms with Crippen LogP contribution in [0.1, 0.15) is 30.1 Å². The highest BCUT2D eigenvalue weighted by molar-refractivity contribution is 14.1. The number of aromatic nitrogens is 6. The minimum absolute atomic E-state index is 0.121. The van der Waals surface area contributed by atoms with Crippen LogP contribution in [0.4, 0.5) is 27.8 Å². The van der Waals surface area contributed by atoms with Crippen molar-refractivity contribution in [1.29, 1.82) is 0 Å². The second-order valence-corrected chi connectivity index (χ2v) is 9.30. The molecule has 0 aliphatic carbocycles. The highest BCUT2D eigenvalue weighted by Crippen LogP contribution is 2.35. The third-order valence-corrected chi connectivity index (χ3v) is 6.25. The zero-order valence-electron chi connectivity index (χ0n) is 17.4. The van der Waals surface area contributed by atoms with Gasteiger partial charge in [-0.05, 0) is 37.1 Å². The van der Waals surface area contributed by atoms with E-state index in [1.165, 1.54) is 28.9 Å². The lowest BCUT2D eigenvalue weighted by atomic mass is 10.1. The Morgan fingerprint density at radius 3 is 2.59 bits per heavy atom. The number of rotatable bonds is 4. The van der Waals surface area contributed by atoms with Gasteiger partial charge < -0.3 is 4.90 Å². The first-order valence-electron chi connectivity index (χ1n) is 10.3. The lowest BCUT2D eigenvalue weighted by Crippen LogP contribution is -2.37. The highest BCUT2D eigenvalue weighted by Gasteiger charge is 2.32. The van der Waals surface area contributed by atoms with Crippen LogP contribution in [0.15, 0.2) is 49.1 Å². The molecule has 5 heterocycles. The molecule has 1 saturated heterocycles. The number of nitrogens with zero attached hydrogens (tertiary/aromatic N) is 7. The summed E-state index contributed by atoms with van der Waals surface area (Å²) in [4.78, 5) is 15.0. The van der Waals surface area contributed by atoms with Crippen LogP contribution in [0.2, 0.25) is 0 Å². The summed E-state index contributed by atoms with van der Waals surface area (Å²) in [7, 11) is 0. The fraction of sp³-hybridized carbons (Fsp3) is 0.333. The molecule has 1 atom stereocenters. The van der Waals surface area contributed by atoms with Crippen LogP contribution in [0.25, 0.3) is 17.2 Å². The second kappa shape index (κ2) is 8.43. The summed E-state index contributed by atoms with van der Waals surface area (Å²) in [5, 5.41) is 4.05. The van der Waals surface area contributed by atoms with E-state index in [4.69, 9.17) is 0 Å². The van der Waals surface area contributed by atoms with Crippen molar-refractivity contribution in [1.82, 2.24) is 29.1 Å². The van der Waals surface area contributed by atoms with E-state index in [1.807, 2.05) is 4.90 Å². The second-order valence-electron chi connectivity index (χ2n) is 7.95. The molecule has 13 heteroatoms. The van der Waals surface area contributed by atoms with Crippen LogP contribution in [0.5, 0.6) is 0 Å². The van der Waals surface area contributed by atoms with E-state index in [-0.39, 0.29) is 17.6 Å². The van der Waals surface area contributed by atoms with Gasteiger partial charge in [-0.2, -0.15) is 27.1 Å². The molecule has 0 amide bonds. The van der Waals surface area contributed by atoms with E-state index in [0.29, 0.717) is 30.2 Å². The SMILES string of the molecule is FC(F)(F)c1ccc2ncc(-c3nccc(N4CCCC(n5ccc(C(F)(F)I)n5)C4)n3)n2c1. The van der Waals surface area contributed by atoms with Gasteiger partial charge in [-0.25, -0.2) is 15.0 Å². The first kappa shape index (κ1) is 22.9. The summed E-state index contributed by atoms with van der Waals surface area (Å²) in [5.41, 5.74) is -0.417. The van der Waals surface area contributed by atoms with Gasteiger partial charge in [0.1, 0.15) is 22.9 Å². The normalized spacial score (nSPS) is 17.5. The Labute approximate surface area is 203 Å². The molecule has 34 heavy (non-hydrogen) atoms. The van der Waals surface area contributed by atoms with E-state index >= 15 is 0 Å². The maximum Gasteiger partial charge on any atom is 0.417 e. The number of hydrogen-bond donors (Lipinski definition) is 0. The Balaban J connectivity index is 1.43. The third kappa shape index (κ3) is 4.44. The maximum atomic E-state index is 13.6. The molecular weight excluding hydrogens is 572 g/mol. The molecule has 1 unspecified atom stereocenters. The van der Waals surface area contributed by atoms with Crippen molar-refractivity contribution in [2.45, 2.75) is 29.0 Å². The van der Waals surface area contributed by atoms with Crippen molar-refractivity contribution in [3.8, 4) is 11.5 Å². The summed E-state index contributed by atoms with van der Waals surface area (Å²) in [6, 6.07) is 5.18. The number of halogens is 6. The quantitative estimate of drug-likeness (QED) is 0.183. The van der Waals surface area contributed by atoms with Crippen molar-refractivity contribution in [2.75, 3.05) is 18.0 Å². The van der Waals surface area contributed by atoms with Gasteiger partial charge in [0.15, 0.2) is 5.82 Å². The van der Waals surface area contributed by atoms with Gasteiger partial charge in [-0.3, -0.25) is 9.08 Å². The van der Waals surface area contributed by atoms with Gasteiger partial charge >= 0.3 is 10.1 Å². The average Bonchev–Trinajstić information content (AvgIpc) is 3.46. The van der Waals surface area contributed by atoms with Crippen molar-refractivity contribution in [2.24, 2.45) is 0 Å². The highest BCUT2D eigenvalue weighted by atomic mass is 127. The van der Waals surface area contributed by atoms with Crippen LogP contribution in [-0.4, -0.2) is 42.2 Å². The average molecular weight is 589 g/mol. The molecule has 178 valence electrons. The fourth-order valence-electron chi connectivity index (χ4n) is 4.03. The predicted octanol–water partition coefficient (Wildman–Crippen LogP) is 5.33. The van der Waals surface area contributed by atoms with Crippen molar-refractivity contribution in [3.05, 3.63) is 60.3 Å². The number of pyridine rings is 1. The van der Waals surface area contributed by atoms with Gasteiger partial charge in [-0.15, -0.1) is 0 Å². The minimum atomic E-state index is -4.49. The van der Waals surface area contributed by atoms with Crippen LogP contribution in [0.3, 0.4) is 0 Å².